The highest BCUT2D eigenvalue weighted by atomic mass is 19.4. The predicted octanol–water partition coefficient (Wildman–Crippen LogP) is 6.74. The molecule has 3 rings (SSSR count). The molecule has 0 amide bonds. The Morgan fingerprint density at radius 1 is 1.00 bits per heavy atom. The number of nitrogens with zero attached hydrogens (tertiary/aromatic N) is 2. The molecule has 0 saturated heterocycles. The number of aryl methyl sites for hydroxylation is 1. The second kappa shape index (κ2) is 8.07. The molecule has 0 unspecified atom stereocenters. The van der Waals surface area contributed by atoms with Gasteiger partial charge in [-0.2, -0.15) is 13.2 Å². The molecule has 0 radical (unpaired) electrons. The number of alkyl halides is 3. The Morgan fingerprint density at radius 2 is 1.65 bits per heavy atom. The van der Waals surface area contributed by atoms with Gasteiger partial charge >= 0.3 is 6.18 Å². The van der Waals surface area contributed by atoms with Gasteiger partial charge in [-0.25, -0.2) is 4.85 Å². The number of aromatic nitrogens is 1. The van der Waals surface area contributed by atoms with Crippen molar-refractivity contribution < 1.29 is 13.2 Å². The Labute approximate surface area is 179 Å². The third-order valence-electron chi connectivity index (χ3n) is 5.17. The van der Waals surface area contributed by atoms with Crippen LogP contribution in [0, 0.1) is 13.5 Å². The first-order chi connectivity index (χ1) is 14.4. The molecule has 0 saturated carbocycles. The fourth-order valence-corrected chi connectivity index (χ4v) is 3.45. The van der Waals surface area contributed by atoms with Crippen molar-refractivity contribution in [2.45, 2.75) is 45.8 Å². The van der Waals surface area contributed by atoms with Gasteiger partial charge in [0.05, 0.1) is 12.1 Å². The van der Waals surface area contributed by atoms with E-state index in [2.05, 4.69) is 25.6 Å². The summed E-state index contributed by atoms with van der Waals surface area (Å²) in [7, 11) is 0. The maximum atomic E-state index is 13.6. The standard InChI is InChI=1S/C25H23F3N2O/c1-16-7-6-8-18(13-16)21-14-20(25(26,27)28)22(29-5)23(31)30(21)15-17-9-11-19(12-10-17)24(2,3)4/h6-14H,15H2,1-4H3. The number of hydrogen-bond acceptors (Lipinski definition) is 1. The lowest BCUT2D eigenvalue weighted by Gasteiger charge is -2.20. The molecule has 0 spiro atoms. The molecule has 1 heterocycles. The van der Waals surface area contributed by atoms with Crippen LogP contribution in [0.1, 0.15) is 43.0 Å². The average molecular weight is 424 g/mol. The molecule has 0 N–H and O–H groups in total. The SMILES string of the molecule is [C-]#[N+]c1c(C(F)(F)F)cc(-c2cccc(C)c2)n(Cc2ccc(C(C)(C)C)cc2)c1=O. The molecule has 0 atom stereocenters. The molecular weight excluding hydrogens is 401 g/mol. The van der Waals surface area contributed by atoms with Gasteiger partial charge in [0, 0.05) is 12.2 Å². The van der Waals surface area contributed by atoms with Crippen molar-refractivity contribution in [3.05, 3.63) is 98.6 Å². The maximum Gasteiger partial charge on any atom is 0.407 e. The molecule has 1 aromatic heterocycles. The van der Waals surface area contributed by atoms with E-state index < -0.39 is 23.0 Å². The lowest BCUT2D eigenvalue weighted by atomic mass is 9.87. The van der Waals surface area contributed by atoms with Gasteiger partial charge < -0.3 is 4.57 Å². The van der Waals surface area contributed by atoms with Gasteiger partial charge in [-0.3, -0.25) is 4.79 Å². The number of halogens is 3. The Hall–Kier alpha value is -3.33. The van der Waals surface area contributed by atoms with Gasteiger partial charge in [0.1, 0.15) is 0 Å². The van der Waals surface area contributed by atoms with Crippen LogP contribution in [0.3, 0.4) is 0 Å². The number of rotatable bonds is 3. The smallest absolute Gasteiger partial charge is 0.313 e. The molecule has 0 aliphatic heterocycles. The molecule has 0 fully saturated rings. The van der Waals surface area contributed by atoms with E-state index in [-0.39, 0.29) is 17.7 Å². The lowest BCUT2D eigenvalue weighted by molar-refractivity contribution is -0.136. The van der Waals surface area contributed by atoms with E-state index in [1.165, 1.54) is 4.57 Å². The van der Waals surface area contributed by atoms with Crippen molar-refractivity contribution in [2.24, 2.45) is 0 Å². The molecule has 0 aliphatic carbocycles. The number of hydrogen-bond donors (Lipinski definition) is 0. The summed E-state index contributed by atoms with van der Waals surface area (Å²) in [5, 5.41) is 0. The van der Waals surface area contributed by atoms with Crippen molar-refractivity contribution in [1.82, 2.24) is 4.57 Å². The van der Waals surface area contributed by atoms with E-state index >= 15 is 0 Å². The van der Waals surface area contributed by atoms with Crippen LogP contribution in [0.2, 0.25) is 0 Å². The molecule has 31 heavy (non-hydrogen) atoms. The summed E-state index contributed by atoms with van der Waals surface area (Å²) in [6.07, 6.45) is -4.80. The summed E-state index contributed by atoms with van der Waals surface area (Å²) in [6.45, 7) is 15.3. The summed E-state index contributed by atoms with van der Waals surface area (Å²) in [5.74, 6) is 0. The molecule has 6 heteroatoms. The van der Waals surface area contributed by atoms with Crippen LogP contribution in [0.5, 0.6) is 0 Å². The zero-order valence-electron chi connectivity index (χ0n) is 17.8. The van der Waals surface area contributed by atoms with Crippen LogP contribution < -0.4 is 5.56 Å². The Morgan fingerprint density at radius 3 is 2.16 bits per heavy atom. The van der Waals surface area contributed by atoms with E-state index in [1.807, 2.05) is 37.3 Å². The summed E-state index contributed by atoms with van der Waals surface area (Å²) in [6, 6.07) is 15.5. The van der Waals surface area contributed by atoms with E-state index in [4.69, 9.17) is 6.57 Å². The highest BCUT2D eigenvalue weighted by Crippen LogP contribution is 2.37. The van der Waals surface area contributed by atoms with E-state index in [0.717, 1.165) is 22.8 Å². The normalized spacial score (nSPS) is 11.9. The molecule has 3 nitrogen and oxygen atoms in total. The van der Waals surface area contributed by atoms with Crippen molar-refractivity contribution in [3.8, 4) is 11.3 Å². The number of pyridine rings is 1. The first-order valence-electron chi connectivity index (χ1n) is 9.81. The van der Waals surface area contributed by atoms with Crippen LogP contribution in [-0.4, -0.2) is 4.57 Å². The van der Waals surface area contributed by atoms with Crippen molar-refractivity contribution in [3.63, 3.8) is 0 Å². The minimum absolute atomic E-state index is 0.0479. The van der Waals surface area contributed by atoms with Gasteiger partial charge in [0.15, 0.2) is 0 Å². The van der Waals surface area contributed by atoms with Crippen LogP contribution in [-0.2, 0) is 18.1 Å². The Kier molecular flexibility index (Phi) is 5.82. The molecule has 2 aromatic carbocycles. The lowest BCUT2D eigenvalue weighted by Crippen LogP contribution is -2.25. The summed E-state index contributed by atoms with van der Waals surface area (Å²) >= 11 is 0. The van der Waals surface area contributed by atoms with E-state index in [0.29, 0.717) is 5.56 Å². The molecule has 3 aromatic rings. The summed E-state index contributed by atoms with van der Waals surface area (Å²) in [5.41, 5.74) is 0.247. The second-order valence-corrected chi connectivity index (χ2v) is 8.61. The van der Waals surface area contributed by atoms with Gasteiger partial charge in [-0.15, -0.1) is 0 Å². The van der Waals surface area contributed by atoms with E-state index in [1.54, 1.807) is 18.2 Å². The molecule has 0 aliphatic rings. The topological polar surface area (TPSA) is 26.4 Å². The van der Waals surface area contributed by atoms with E-state index in [9.17, 15) is 18.0 Å². The first kappa shape index (κ1) is 22.4. The Balaban J connectivity index is 2.23. The van der Waals surface area contributed by atoms with Gasteiger partial charge in [-0.1, -0.05) is 68.8 Å². The minimum Gasteiger partial charge on any atom is -0.313 e. The molecular formula is C25H23F3N2O. The number of benzene rings is 2. The van der Waals surface area contributed by atoms with Crippen LogP contribution >= 0.6 is 0 Å². The van der Waals surface area contributed by atoms with Gasteiger partial charge in [0.25, 0.3) is 11.2 Å². The van der Waals surface area contributed by atoms with Gasteiger partial charge in [0.2, 0.25) is 0 Å². The van der Waals surface area contributed by atoms with Crippen LogP contribution in [0.4, 0.5) is 18.9 Å². The third kappa shape index (κ3) is 4.72. The van der Waals surface area contributed by atoms with Crippen molar-refractivity contribution in [1.29, 1.82) is 0 Å². The summed E-state index contributed by atoms with van der Waals surface area (Å²) in [4.78, 5) is 16.0. The zero-order chi connectivity index (χ0) is 23.0. The zero-order valence-corrected chi connectivity index (χ0v) is 17.8. The predicted molar refractivity (Wildman–Crippen MR) is 116 cm³/mol. The highest BCUT2D eigenvalue weighted by molar-refractivity contribution is 5.66. The fraction of sp³-hybridized carbons (Fsp3) is 0.280. The highest BCUT2D eigenvalue weighted by Gasteiger charge is 2.36. The van der Waals surface area contributed by atoms with Crippen LogP contribution in [0.25, 0.3) is 16.1 Å². The monoisotopic (exact) mass is 424 g/mol. The maximum absolute atomic E-state index is 13.6. The Bertz CT molecular complexity index is 1210. The summed E-state index contributed by atoms with van der Waals surface area (Å²) < 4.78 is 42.1. The minimum atomic E-state index is -4.80. The second-order valence-electron chi connectivity index (χ2n) is 8.61. The molecule has 0 bridgehead atoms. The quantitative estimate of drug-likeness (QED) is 0.428. The van der Waals surface area contributed by atoms with Crippen molar-refractivity contribution >= 4 is 5.69 Å². The van der Waals surface area contributed by atoms with Gasteiger partial charge in [-0.05, 0) is 41.2 Å². The first-order valence-corrected chi connectivity index (χ1v) is 9.81. The average Bonchev–Trinajstić information content (AvgIpc) is 2.68. The fourth-order valence-electron chi connectivity index (χ4n) is 3.45. The molecule has 160 valence electrons. The van der Waals surface area contributed by atoms with Crippen molar-refractivity contribution in [2.75, 3.05) is 0 Å². The largest absolute Gasteiger partial charge is 0.407 e. The third-order valence-corrected chi connectivity index (χ3v) is 5.17. The van der Waals surface area contributed by atoms with Crippen LogP contribution in [0.15, 0.2) is 59.4 Å².